The summed E-state index contributed by atoms with van der Waals surface area (Å²) in [6.07, 6.45) is 0. The Bertz CT molecular complexity index is 787. The third kappa shape index (κ3) is 3.80. The summed E-state index contributed by atoms with van der Waals surface area (Å²) < 4.78 is 0. The Morgan fingerprint density at radius 2 is 1.16 bits per heavy atom. The molecule has 3 nitrogen and oxygen atoms in total. The fourth-order valence-electron chi connectivity index (χ4n) is 3.21. The van der Waals surface area contributed by atoms with E-state index >= 15 is 0 Å². The quantitative estimate of drug-likeness (QED) is 0.712. The van der Waals surface area contributed by atoms with E-state index in [9.17, 15) is 14.7 Å². The van der Waals surface area contributed by atoms with Gasteiger partial charge < -0.3 is 0 Å². The molecule has 0 radical (unpaired) electrons. The maximum atomic E-state index is 11.3. The molecule has 0 unspecified atom stereocenters. The molecular weight excluding hydrogens is 331 g/mol. The molecule has 0 aromatic heterocycles. The zero-order valence-corrected chi connectivity index (χ0v) is 17.2. The van der Waals surface area contributed by atoms with Crippen LogP contribution >= 0.6 is 7.28 Å². The normalized spacial score (nSPS) is 14.9. The molecule has 0 atom stereocenters. The third-order valence-electron chi connectivity index (χ3n) is 4.56. The summed E-state index contributed by atoms with van der Waals surface area (Å²) in [5, 5.41) is 0.441. The van der Waals surface area contributed by atoms with Crippen LogP contribution in [-0.2, 0) is 10.8 Å². The van der Waals surface area contributed by atoms with Crippen LogP contribution in [0, 0.1) is 6.92 Å². The zero-order valence-electron chi connectivity index (χ0n) is 16.3. The predicted octanol–water partition coefficient (Wildman–Crippen LogP) is 3.82. The first-order chi connectivity index (χ1) is 11.1. The monoisotopic (exact) mass is 362 g/mol. The van der Waals surface area contributed by atoms with E-state index in [1.165, 1.54) is 0 Å². The van der Waals surface area contributed by atoms with Crippen LogP contribution in [-0.4, -0.2) is 14.7 Å². The molecular formula is C21H31O3P. The molecule has 0 fully saturated rings. The SMILES string of the molecule is Cc1ccc(P(O)(O)(O)c2ccccc2C(C)(C)C)c(C(C)(C)C)c1. The number of hydrogen-bond donors (Lipinski definition) is 3. The number of aryl methyl sites for hydroxylation is 1. The van der Waals surface area contributed by atoms with Gasteiger partial charge in [-0.1, -0.05) is 0 Å². The molecule has 0 bridgehead atoms. The molecule has 2 aromatic rings. The van der Waals surface area contributed by atoms with E-state index in [1.807, 2.05) is 72.7 Å². The molecule has 2 aromatic carbocycles. The first kappa shape index (κ1) is 20.1. The van der Waals surface area contributed by atoms with E-state index in [2.05, 4.69) is 0 Å². The first-order valence-electron chi connectivity index (χ1n) is 8.61. The molecule has 0 amide bonds. The van der Waals surface area contributed by atoms with Crippen LogP contribution in [0.15, 0.2) is 42.5 Å². The minimum atomic E-state index is -5.28. The van der Waals surface area contributed by atoms with Crippen molar-refractivity contribution in [1.29, 1.82) is 0 Å². The molecule has 138 valence electrons. The summed E-state index contributed by atoms with van der Waals surface area (Å²) in [5.74, 6) is 0. The van der Waals surface area contributed by atoms with E-state index in [0.717, 1.165) is 16.7 Å². The topological polar surface area (TPSA) is 60.7 Å². The van der Waals surface area contributed by atoms with Crippen molar-refractivity contribution in [2.45, 2.75) is 59.3 Å². The summed E-state index contributed by atoms with van der Waals surface area (Å²) in [4.78, 5) is 34.0. The Hall–Kier alpha value is -1.25. The first-order valence-corrected chi connectivity index (χ1v) is 10.7. The maximum absolute atomic E-state index is 11.3. The van der Waals surface area contributed by atoms with Gasteiger partial charge in [0, 0.05) is 0 Å². The standard InChI is InChI=1S/C21H31O3P/c1-15-12-13-19(17(14-15)21(5,6)7)25(22,23,24)18-11-9-8-10-16(18)20(2,3)4/h8-14,22-24H,1-7H3. The van der Waals surface area contributed by atoms with Crippen LogP contribution in [0.4, 0.5) is 0 Å². The summed E-state index contributed by atoms with van der Waals surface area (Å²) in [5.41, 5.74) is 1.84. The average molecular weight is 362 g/mol. The molecule has 0 saturated carbocycles. The van der Waals surface area contributed by atoms with Gasteiger partial charge in [-0.05, 0) is 0 Å². The van der Waals surface area contributed by atoms with Gasteiger partial charge in [-0.15, -0.1) is 0 Å². The van der Waals surface area contributed by atoms with Crippen LogP contribution in [0.25, 0.3) is 0 Å². The number of hydrogen-bond acceptors (Lipinski definition) is 3. The van der Waals surface area contributed by atoms with Gasteiger partial charge in [-0.25, -0.2) is 0 Å². The minimum absolute atomic E-state index is 0.218. The zero-order chi connectivity index (χ0) is 19.3. The van der Waals surface area contributed by atoms with E-state index in [0.29, 0.717) is 0 Å². The Morgan fingerprint density at radius 1 is 0.680 bits per heavy atom. The van der Waals surface area contributed by atoms with E-state index in [1.54, 1.807) is 18.2 Å². The predicted molar refractivity (Wildman–Crippen MR) is 108 cm³/mol. The Kier molecular flexibility index (Phi) is 4.73. The van der Waals surface area contributed by atoms with Gasteiger partial charge in [0.2, 0.25) is 0 Å². The van der Waals surface area contributed by atoms with Crippen LogP contribution < -0.4 is 10.6 Å². The average Bonchev–Trinajstić information content (AvgIpc) is 2.44. The molecule has 0 aliphatic heterocycles. The fourth-order valence-corrected chi connectivity index (χ4v) is 5.87. The van der Waals surface area contributed by atoms with Crippen molar-refractivity contribution < 1.29 is 14.7 Å². The second kappa shape index (κ2) is 5.89. The number of benzene rings is 2. The molecule has 4 heteroatoms. The van der Waals surface area contributed by atoms with Crippen molar-refractivity contribution >= 4 is 17.9 Å². The summed E-state index contributed by atoms with van der Waals surface area (Å²) in [6, 6.07) is 12.5. The van der Waals surface area contributed by atoms with Crippen molar-refractivity contribution in [2.75, 3.05) is 0 Å². The fraction of sp³-hybridized carbons (Fsp3) is 0.429. The van der Waals surface area contributed by atoms with Gasteiger partial charge in [0.15, 0.2) is 0 Å². The molecule has 0 spiro atoms. The molecule has 25 heavy (non-hydrogen) atoms. The number of rotatable bonds is 2. The molecule has 2 rings (SSSR count). The molecule has 3 N–H and O–H groups in total. The Balaban J connectivity index is 2.87. The second-order valence-corrected chi connectivity index (χ2v) is 11.9. The van der Waals surface area contributed by atoms with E-state index in [4.69, 9.17) is 0 Å². The van der Waals surface area contributed by atoms with Crippen LogP contribution in [0.5, 0.6) is 0 Å². The van der Waals surface area contributed by atoms with Crippen molar-refractivity contribution in [1.82, 2.24) is 0 Å². The molecule has 0 heterocycles. The summed E-state index contributed by atoms with van der Waals surface area (Å²) in [6.45, 7) is 14.0. The van der Waals surface area contributed by atoms with E-state index < -0.39 is 7.28 Å². The van der Waals surface area contributed by atoms with Crippen molar-refractivity contribution in [3.63, 3.8) is 0 Å². The van der Waals surface area contributed by atoms with Crippen LogP contribution in [0.2, 0.25) is 0 Å². The van der Waals surface area contributed by atoms with Gasteiger partial charge in [-0.3, -0.25) is 0 Å². The molecule has 0 saturated heterocycles. The Labute approximate surface area is 151 Å². The van der Waals surface area contributed by atoms with Gasteiger partial charge in [-0.2, -0.15) is 0 Å². The van der Waals surface area contributed by atoms with Crippen molar-refractivity contribution in [3.8, 4) is 0 Å². The Morgan fingerprint density at radius 3 is 1.68 bits per heavy atom. The van der Waals surface area contributed by atoms with Crippen molar-refractivity contribution in [2.24, 2.45) is 0 Å². The van der Waals surface area contributed by atoms with Gasteiger partial charge in [0.1, 0.15) is 0 Å². The molecule has 0 aliphatic carbocycles. The second-order valence-electron chi connectivity index (χ2n) is 9.02. The summed E-state index contributed by atoms with van der Waals surface area (Å²) in [7, 11) is -5.28. The summed E-state index contributed by atoms with van der Waals surface area (Å²) >= 11 is 0. The molecule has 0 aliphatic rings. The van der Waals surface area contributed by atoms with Gasteiger partial charge >= 0.3 is 151 Å². The third-order valence-corrected chi connectivity index (χ3v) is 7.11. The van der Waals surface area contributed by atoms with Gasteiger partial charge in [0.05, 0.1) is 0 Å². The van der Waals surface area contributed by atoms with E-state index in [-0.39, 0.29) is 21.4 Å². The van der Waals surface area contributed by atoms with Crippen molar-refractivity contribution in [3.05, 3.63) is 59.2 Å². The van der Waals surface area contributed by atoms with Gasteiger partial charge in [0.25, 0.3) is 0 Å². The van der Waals surface area contributed by atoms with Crippen LogP contribution in [0.3, 0.4) is 0 Å². The van der Waals surface area contributed by atoms with Crippen LogP contribution in [0.1, 0.15) is 58.2 Å².